The Morgan fingerprint density at radius 3 is 2.67 bits per heavy atom. The van der Waals surface area contributed by atoms with E-state index >= 15 is 0 Å². The number of hydrogen-bond acceptors (Lipinski definition) is 4. The molecule has 0 aliphatic rings. The van der Waals surface area contributed by atoms with Crippen molar-refractivity contribution in [1.82, 2.24) is 4.57 Å². The van der Waals surface area contributed by atoms with E-state index in [1.165, 1.54) is 6.07 Å². The average Bonchev–Trinajstić information content (AvgIpc) is 2.63. The number of halogens is 3. The van der Waals surface area contributed by atoms with Crippen molar-refractivity contribution in [2.24, 2.45) is 0 Å². The number of ether oxygens (including phenoxy) is 1. The third kappa shape index (κ3) is 1.98. The van der Waals surface area contributed by atoms with Crippen LogP contribution in [-0.2, 0) is 4.74 Å². The van der Waals surface area contributed by atoms with Crippen LogP contribution in [0.5, 0.6) is 0 Å². The lowest BCUT2D eigenvalue weighted by atomic mass is 10.3. The highest BCUT2D eigenvalue weighted by molar-refractivity contribution is 6.50. The van der Waals surface area contributed by atoms with Crippen molar-refractivity contribution in [1.29, 1.82) is 0 Å². The van der Waals surface area contributed by atoms with Gasteiger partial charge in [0.15, 0.2) is 5.58 Å². The van der Waals surface area contributed by atoms with Gasteiger partial charge in [-0.25, -0.2) is 9.59 Å². The quantitative estimate of drug-likeness (QED) is 0.756. The van der Waals surface area contributed by atoms with Crippen LogP contribution in [0, 0.1) is 0 Å². The Labute approximate surface area is 116 Å². The first-order valence-corrected chi connectivity index (χ1v) is 5.97. The maximum atomic E-state index is 11.6. The third-order valence-corrected chi connectivity index (χ3v) is 3.41. The number of aromatic nitrogens is 1. The number of carbonyl (C=O) groups excluding carboxylic acids is 1. The Hall–Kier alpha value is -1.17. The lowest BCUT2D eigenvalue weighted by molar-refractivity contribution is 0.153. The zero-order chi connectivity index (χ0) is 13.4. The number of fused-ring (bicyclic) bond motifs is 1. The Bertz CT molecular complexity index is 688. The molecule has 0 aliphatic carbocycles. The first-order valence-electron chi connectivity index (χ1n) is 4.83. The molecule has 8 heteroatoms. The fraction of sp³-hybridized carbons (Fsp3) is 0.200. The van der Waals surface area contributed by atoms with Gasteiger partial charge in [0.05, 0.1) is 16.7 Å². The molecule has 5 nitrogen and oxygen atoms in total. The lowest BCUT2D eigenvalue weighted by Gasteiger charge is -2.02. The largest absolute Gasteiger partial charge is 0.449 e. The van der Waals surface area contributed by atoms with E-state index in [9.17, 15) is 9.59 Å². The van der Waals surface area contributed by atoms with Crippen LogP contribution in [0.4, 0.5) is 4.79 Å². The van der Waals surface area contributed by atoms with Crippen LogP contribution in [0.25, 0.3) is 11.1 Å². The van der Waals surface area contributed by atoms with Crippen molar-refractivity contribution in [2.45, 2.75) is 6.92 Å². The van der Waals surface area contributed by atoms with Gasteiger partial charge in [0.25, 0.3) is 0 Å². The van der Waals surface area contributed by atoms with Crippen LogP contribution >= 0.6 is 34.8 Å². The minimum atomic E-state index is -0.913. The molecule has 0 aliphatic heterocycles. The van der Waals surface area contributed by atoms with Gasteiger partial charge in [-0.15, -0.1) is 0 Å². The van der Waals surface area contributed by atoms with E-state index in [0.717, 1.165) is 0 Å². The van der Waals surface area contributed by atoms with Crippen molar-refractivity contribution < 1.29 is 13.9 Å². The van der Waals surface area contributed by atoms with Crippen molar-refractivity contribution in [3.05, 3.63) is 31.7 Å². The third-order valence-electron chi connectivity index (χ3n) is 2.16. The van der Waals surface area contributed by atoms with Crippen LogP contribution in [-0.4, -0.2) is 17.3 Å². The second kappa shape index (κ2) is 4.84. The molecule has 0 amide bonds. The summed E-state index contributed by atoms with van der Waals surface area (Å²) in [4.78, 5) is 23.2. The zero-order valence-electron chi connectivity index (χ0n) is 9.00. The van der Waals surface area contributed by atoms with E-state index in [1.807, 2.05) is 0 Å². The van der Waals surface area contributed by atoms with Gasteiger partial charge in [-0.3, -0.25) is 0 Å². The average molecular weight is 311 g/mol. The van der Waals surface area contributed by atoms with Gasteiger partial charge in [-0.1, -0.05) is 34.8 Å². The summed E-state index contributed by atoms with van der Waals surface area (Å²) < 4.78 is 10.3. The summed E-state index contributed by atoms with van der Waals surface area (Å²) in [6.07, 6.45) is -0.865. The molecule has 0 saturated heterocycles. The number of nitrogens with zero attached hydrogens (tertiary/aromatic N) is 1. The molecule has 0 unspecified atom stereocenters. The molecule has 0 atom stereocenters. The molecule has 0 spiro atoms. The van der Waals surface area contributed by atoms with Gasteiger partial charge in [-0.2, -0.15) is 4.57 Å². The van der Waals surface area contributed by atoms with Gasteiger partial charge in [0.1, 0.15) is 10.5 Å². The molecule has 0 saturated carbocycles. The summed E-state index contributed by atoms with van der Waals surface area (Å²) in [6.45, 7) is 1.73. The number of oxazole rings is 1. The molecule has 18 heavy (non-hydrogen) atoms. The lowest BCUT2D eigenvalue weighted by Crippen LogP contribution is -2.23. The normalized spacial score (nSPS) is 10.9. The fourth-order valence-electron chi connectivity index (χ4n) is 1.42. The van der Waals surface area contributed by atoms with Gasteiger partial charge >= 0.3 is 11.8 Å². The highest BCUT2D eigenvalue weighted by Gasteiger charge is 2.21. The second-order valence-electron chi connectivity index (χ2n) is 3.24. The highest BCUT2D eigenvalue weighted by atomic mass is 35.5. The van der Waals surface area contributed by atoms with Crippen LogP contribution in [0.2, 0.25) is 15.1 Å². The molecule has 1 aromatic carbocycles. The van der Waals surface area contributed by atoms with Crippen LogP contribution in [0.3, 0.4) is 0 Å². The van der Waals surface area contributed by atoms with E-state index in [1.54, 1.807) is 6.92 Å². The standard InChI is InChI=1S/C10H6Cl3NO4/c1-2-17-9(15)14-5-3-4(11)6(12)7(13)8(5)18-10(14)16/h3H,2H2,1H3. The van der Waals surface area contributed by atoms with Gasteiger partial charge in [0.2, 0.25) is 0 Å². The summed E-state index contributed by atoms with van der Waals surface area (Å²) in [5.74, 6) is -0.913. The van der Waals surface area contributed by atoms with E-state index in [0.29, 0.717) is 4.57 Å². The zero-order valence-corrected chi connectivity index (χ0v) is 11.3. The summed E-state index contributed by atoms with van der Waals surface area (Å²) in [5.41, 5.74) is 0.0990. The smallest absolute Gasteiger partial charge is 0.429 e. The van der Waals surface area contributed by atoms with Crippen molar-refractivity contribution >= 4 is 52.0 Å². The van der Waals surface area contributed by atoms with Crippen LogP contribution in [0.15, 0.2) is 15.3 Å². The monoisotopic (exact) mass is 309 g/mol. The highest BCUT2D eigenvalue weighted by Crippen LogP contribution is 2.36. The maximum absolute atomic E-state index is 11.6. The summed E-state index contributed by atoms with van der Waals surface area (Å²) in [6, 6.07) is 1.31. The van der Waals surface area contributed by atoms with Crippen molar-refractivity contribution in [2.75, 3.05) is 6.61 Å². The maximum Gasteiger partial charge on any atom is 0.429 e. The molecule has 2 rings (SSSR count). The SMILES string of the molecule is CCOC(=O)n1c(=O)oc2c(Cl)c(Cl)c(Cl)cc21. The Morgan fingerprint density at radius 1 is 1.39 bits per heavy atom. The molecule has 1 aromatic heterocycles. The van der Waals surface area contributed by atoms with Gasteiger partial charge < -0.3 is 9.15 Å². The number of carbonyl (C=O) groups is 1. The van der Waals surface area contributed by atoms with Crippen LogP contribution in [0.1, 0.15) is 6.92 Å². The van der Waals surface area contributed by atoms with E-state index < -0.39 is 11.8 Å². The minimum Gasteiger partial charge on any atom is -0.449 e. The molecule has 96 valence electrons. The topological polar surface area (TPSA) is 61.4 Å². The van der Waals surface area contributed by atoms with Gasteiger partial charge in [-0.05, 0) is 13.0 Å². The Kier molecular flexibility index (Phi) is 3.56. The van der Waals surface area contributed by atoms with Crippen molar-refractivity contribution in [3.8, 4) is 0 Å². The molecular formula is C10H6Cl3NO4. The summed E-state index contributed by atoms with van der Waals surface area (Å²) >= 11 is 17.5. The van der Waals surface area contributed by atoms with E-state index in [-0.39, 0.29) is 32.8 Å². The minimum absolute atomic E-state index is 0.0101. The number of benzene rings is 1. The fourth-order valence-corrected chi connectivity index (χ4v) is 2.05. The van der Waals surface area contributed by atoms with Crippen molar-refractivity contribution in [3.63, 3.8) is 0 Å². The number of rotatable bonds is 1. The Balaban J connectivity index is 2.80. The molecule has 2 aromatic rings. The predicted molar refractivity (Wildman–Crippen MR) is 67.9 cm³/mol. The first-order chi connectivity index (χ1) is 8.47. The molecule has 0 fully saturated rings. The molecule has 0 bridgehead atoms. The molecule has 0 N–H and O–H groups in total. The summed E-state index contributed by atoms with van der Waals surface area (Å²) in [5, 5.41) is 0.128. The van der Waals surface area contributed by atoms with E-state index in [2.05, 4.69) is 0 Å². The van der Waals surface area contributed by atoms with Crippen LogP contribution < -0.4 is 5.76 Å². The molecule has 0 radical (unpaired) electrons. The van der Waals surface area contributed by atoms with Gasteiger partial charge in [0, 0.05) is 0 Å². The summed E-state index contributed by atoms with van der Waals surface area (Å²) in [7, 11) is 0. The molecule has 1 heterocycles. The first kappa shape index (κ1) is 13.3. The second-order valence-corrected chi connectivity index (χ2v) is 4.40. The Morgan fingerprint density at radius 2 is 2.06 bits per heavy atom. The predicted octanol–water partition coefficient (Wildman–Crippen LogP) is 3.56. The number of hydrogen-bond donors (Lipinski definition) is 0. The van der Waals surface area contributed by atoms with E-state index in [4.69, 9.17) is 44.0 Å². The molecular weight excluding hydrogens is 304 g/mol.